The van der Waals surface area contributed by atoms with E-state index in [-0.39, 0.29) is 0 Å². The first-order valence-corrected chi connectivity index (χ1v) is 2.55. The Morgan fingerprint density at radius 2 is 2.67 bits per heavy atom. The maximum absolute atomic E-state index is 8.99. The highest BCUT2D eigenvalue weighted by atomic mass is 16.3. The van der Waals surface area contributed by atoms with Gasteiger partial charge in [-0.05, 0) is 6.08 Å². The third-order valence-electron chi connectivity index (χ3n) is 0.971. The molecule has 1 rings (SSSR count). The number of hydrogen-bond donors (Lipinski definition) is 1. The third kappa shape index (κ3) is 1.17. The third-order valence-corrected chi connectivity index (χ3v) is 0.971. The van der Waals surface area contributed by atoms with Gasteiger partial charge in [-0.2, -0.15) is 0 Å². The van der Waals surface area contributed by atoms with Crippen LogP contribution in [0.3, 0.4) is 0 Å². The van der Waals surface area contributed by atoms with Crippen LogP contribution in [-0.2, 0) is 0 Å². The Morgan fingerprint density at radius 3 is 3.11 bits per heavy atom. The summed E-state index contributed by atoms with van der Waals surface area (Å²) in [7, 11) is 0. The van der Waals surface area contributed by atoms with E-state index in [0.29, 0.717) is 0 Å². The molecule has 0 aromatic carbocycles. The van der Waals surface area contributed by atoms with Gasteiger partial charge in [0, 0.05) is 12.4 Å². The first-order valence-electron chi connectivity index (χ1n) is 2.55. The van der Waals surface area contributed by atoms with E-state index in [4.69, 9.17) is 5.11 Å². The molecular formula is C6H7N2O. The van der Waals surface area contributed by atoms with Crippen LogP contribution in [0.5, 0.6) is 0 Å². The fourth-order valence-corrected chi connectivity index (χ4v) is 0.499. The molecule has 0 aliphatic heterocycles. The molecule has 0 amide bonds. The van der Waals surface area contributed by atoms with Gasteiger partial charge in [0.15, 0.2) is 12.6 Å². The Morgan fingerprint density at radius 1 is 1.89 bits per heavy atom. The Bertz CT molecular complexity index is 181. The van der Waals surface area contributed by atoms with Crippen molar-refractivity contribution in [2.75, 3.05) is 0 Å². The van der Waals surface area contributed by atoms with Crippen molar-refractivity contribution in [3.05, 3.63) is 31.4 Å². The summed E-state index contributed by atoms with van der Waals surface area (Å²) in [5.41, 5.74) is 0. The van der Waals surface area contributed by atoms with Crippen LogP contribution in [0, 0.1) is 6.33 Å². The monoisotopic (exact) mass is 123 g/mol. The largest absolute Gasteiger partial charge is 0.370 e. The van der Waals surface area contributed by atoms with Gasteiger partial charge in [0.05, 0.1) is 0 Å². The summed E-state index contributed by atoms with van der Waals surface area (Å²) < 4.78 is 1.42. The highest BCUT2D eigenvalue weighted by Crippen LogP contribution is 1.98. The lowest BCUT2D eigenvalue weighted by molar-refractivity contribution is 0.154. The summed E-state index contributed by atoms with van der Waals surface area (Å²) in [6, 6.07) is 0. The molecule has 1 N–H and O–H groups in total. The molecular weight excluding hydrogens is 116 g/mol. The number of aromatic nitrogens is 2. The van der Waals surface area contributed by atoms with Crippen molar-refractivity contribution in [1.29, 1.82) is 0 Å². The van der Waals surface area contributed by atoms with Gasteiger partial charge in [-0.1, -0.05) is 6.58 Å². The number of rotatable bonds is 2. The molecule has 3 nitrogen and oxygen atoms in total. The van der Waals surface area contributed by atoms with Gasteiger partial charge in [-0.15, -0.1) is 0 Å². The van der Waals surface area contributed by atoms with Gasteiger partial charge < -0.3 is 5.11 Å². The highest BCUT2D eigenvalue weighted by molar-refractivity contribution is 4.82. The second-order valence-corrected chi connectivity index (χ2v) is 1.58. The lowest BCUT2D eigenvalue weighted by Crippen LogP contribution is -2.01. The fraction of sp³-hybridized carbons (Fsp3) is 0.167. The summed E-state index contributed by atoms with van der Waals surface area (Å²) in [6.07, 6.45) is 6.40. The SMILES string of the molecule is C=CC(O)n1[c]ncc1. The second kappa shape index (κ2) is 2.46. The van der Waals surface area contributed by atoms with Crippen LogP contribution in [0.2, 0.25) is 0 Å². The van der Waals surface area contributed by atoms with Gasteiger partial charge in [0.25, 0.3) is 0 Å². The van der Waals surface area contributed by atoms with E-state index in [0.717, 1.165) is 0 Å². The molecule has 1 atom stereocenters. The van der Waals surface area contributed by atoms with Gasteiger partial charge in [0.1, 0.15) is 0 Å². The molecule has 0 aliphatic carbocycles. The molecule has 47 valence electrons. The molecule has 0 fully saturated rings. The van der Waals surface area contributed by atoms with E-state index >= 15 is 0 Å². The van der Waals surface area contributed by atoms with E-state index in [9.17, 15) is 0 Å². The Hall–Kier alpha value is -1.09. The minimum Gasteiger partial charge on any atom is -0.370 e. The van der Waals surface area contributed by atoms with E-state index < -0.39 is 6.23 Å². The molecule has 9 heavy (non-hydrogen) atoms. The van der Waals surface area contributed by atoms with Crippen molar-refractivity contribution in [2.24, 2.45) is 0 Å². The number of hydrogen-bond acceptors (Lipinski definition) is 2. The molecule has 1 heterocycles. The molecule has 3 heteroatoms. The van der Waals surface area contributed by atoms with Crippen LogP contribution in [0.15, 0.2) is 25.0 Å². The topological polar surface area (TPSA) is 38.0 Å². The Kier molecular flexibility index (Phi) is 1.65. The van der Waals surface area contributed by atoms with Crippen molar-refractivity contribution in [3.63, 3.8) is 0 Å². The molecule has 0 spiro atoms. The van der Waals surface area contributed by atoms with E-state index in [1.54, 1.807) is 12.4 Å². The van der Waals surface area contributed by atoms with Crippen LogP contribution >= 0.6 is 0 Å². The molecule has 0 bridgehead atoms. The lowest BCUT2D eigenvalue weighted by Gasteiger charge is -2.02. The number of imidazole rings is 1. The number of nitrogens with zero attached hydrogens (tertiary/aromatic N) is 2. The molecule has 1 aromatic heterocycles. The lowest BCUT2D eigenvalue weighted by atomic mass is 10.5. The molecule has 1 unspecified atom stereocenters. The minimum absolute atomic E-state index is 0.701. The zero-order valence-electron chi connectivity index (χ0n) is 4.86. The first-order chi connectivity index (χ1) is 4.34. The molecule has 0 saturated carbocycles. The second-order valence-electron chi connectivity index (χ2n) is 1.58. The molecule has 1 radical (unpaired) electrons. The van der Waals surface area contributed by atoms with E-state index in [1.165, 1.54) is 10.6 Å². The van der Waals surface area contributed by atoms with Gasteiger partial charge >= 0.3 is 0 Å². The van der Waals surface area contributed by atoms with Crippen LogP contribution in [-0.4, -0.2) is 14.7 Å². The smallest absolute Gasteiger partial charge is 0.178 e. The quantitative estimate of drug-likeness (QED) is 0.576. The normalized spacial score (nSPS) is 13.0. The predicted molar refractivity (Wildman–Crippen MR) is 32.5 cm³/mol. The number of aliphatic hydroxyl groups is 1. The number of aliphatic hydroxyl groups excluding tert-OH is 1. The summed E-state index contributed by atoms with van der Waals surface area (Å²) >= 11 is 0. The summed E-state index contributed by atoms with van der Waals surface area (Å²) in [5, 5.41) is 8.99. The van der Waals surface area contributed by atoms with Crippen LogP contribution in [0.4, 0.5) is 0 Å². The zero-order chi connectivity index (χ0) is 6.69. The van der Waals surface area contributed by atoms with Crippen molar-refractivity contribution >= 4 is 0 Å². The summed E-state index contributed by atoms with van der Waals surface area (Å²) in [6.45, 7) is 3.40. The van der Waals surface area contributed by atoms with Crippen molar-refractivity contribution < 1.29 is 5.11 Å². The molecule has 0 saturated heterocycles. The molecule has 0 aliphatic rings. The Labute approximate surface area is 53.3 Å². The fourth-order valence-electron chi connectivity index (χ4n) is 0.499. The average molecular weight is 123 g/mol. The standard InChI is InChI=1S/C6H7N2O/c1-2-6(9)8-4-3-7-5-8/h2-4,6,9H,1H2. The predicted octanol–water partition coefficient (Wildman–Crippen LogP) is 0.360. The maximum atomic E-state index is 8.99. The van der Waals surface area contributed by atoms with Gasteiger partial charge in [0.2, 0.25) is 0 Å². The van der Waals surface area contributed by atoms with Crippen LogP contribution < -0.4 is 0 Å². The maximum Gasteiger partial charge on any atom is 0.178 e. The summed E-state index contributed by atoms with van der Waals surface area (Å²) in [4.78, 5) is 3.62. The van der Waals surface area contributed by atoms with Crippen LogP contribution in [0.1, 0.15) is 6.23 Å². The van der Waals surface area contributed by atoms with Gasteiger partial charge in [-0.3, -0.25) is 4.57 Å². The summed E-state index contributed by atoms with van der Waals surface area (Å²) in [5.74, 6) is 0. The minimum atomic E-state index is -0.701. The zero-order valence-corrected chi connectivity index (χ0v) is 4.86. The highest BCUT2D eigenvalue weighted by Gasteiger charge is 1.96. The average Bonchev–Trinajstić information content (AvgIpc) is 2.37. The first kappa shape index (κ1) is 6.04. The Balaban J connectivity index is 2.76. The van der Waals surface area contributed by atoms with Crippen molar-refractivity contribution in [1.82, 2.24) is 9.55 Å². The van der Waals surface area contributed by atoms with Crippen molar-refractivity contribution in [2.45, 2.75) is 6.23 Å². The molecule has 1 aromatic rings. The van der Waals surface area contributed by atoms with Crippen molar-refractivity contribution in [3.8, 4) is 0 Å². The van der Waals surface area contributed by atoms with E-state index in [1.807, 2.05) is 0 Å². The van der Waals surface area contributed by atoms with Gasteiger partial charge in [-0.25, -0.2) is 4.98 Å². The van der Waals surface area contributed by atoms with Crippen LogP contribution in [0.25, 0.3) is 0 Å². The van der Waals surface area contributed by atoms with E-state index in [2.05, 4.69) is 17.9 Å².